The van der Waals surface area contributed by atoms with E-state index in [1.54, 1.807) is 12.1 Å². The molecule has 1 aliphatic heterocycles. The third-order valence-electron chi connectivity index (χ3n) is 5.78. The Bertz CT molecular complexity index is 1530. The number of sulfone groups is 1. The van der Waals surface area contributed by atoms with Gasteiger partial charge in [-0.25, -0.2) is 18.4 Å². The Labute approximate surface area is 208 Å². The van der Waals surface area contributed by atoms with Gasteiger partial charge in [-0.05, 0) is 42.3 Å². The van der Waals surface area contributed by atoms with Crippen molar-refractivity contribution in [3.05, 3.63) is 89.4 Å². The molecule has 13 heteroatoms. The Morgan fingerprint density at radius 1 is 1.16 bits per heavy atom. The lowest BCUT2D eigenvalue weighted by Gasteiger charge is -2.29. The number of nitrogens with one attached hydrogen (secondary N) is 1. The first-order chi connectivity index (χ1) is 17.6. The molecule has 5 rings (SSSR count). The van der Waals surface area contributed by atoms with Gasteiger partial charge in [-0.1, -0.05) is 12.1 Å². The number of hydrogen-bond acceptors (Lipinski definition) is 7. The van der Waals surface area contributed by atoms with Crippen molar-refractivity contribution in [3.8, 4) is 11.5 Å². The second-order valence-electron chi connectivity index (χ2n) is 8.27. The van der Waals surface area contributed by atoms with Gasteiger partial charge < -0.3 is 19.0 Å². The van der Waals surface area contributed by atoms with Crippen molar-refractivity contribution < 1.29 is 35.5 Å². The Hall–Kier alpha value is -4.13. The van der Waals surface area contributed by atoms with E-state index in [9.17, 15) is 26.4 Å². The van der Waals surface area contributed by atoms with Crippen LogP contribution in [-0.4, -0.2) is 40.7 Å². The number of imidazole rings is 1. The van der Waals surface area contributed by atoms with E-state index < -0.39 is 33.2 Å². The zero-order valence-electron chi connectivity index (χ0n) is 19.0. The summed E-state index contributed by atoms with van der Waals surface area (Å²) >= 11 is 0. The summed E-state index contributed by atoms with van der Waals surface area (Å²) in [5.41, 5.74) is 0.821. The second-order valence-corrected chi connectivity index (χ2v) is 10.2. The van der Waals surface area contributed by atoms with Crippen molar-refractivity contribution >= 4 is 15.7 Å². The Morgan fingerprint density at radius 2 is 1.95 bits per heavy atom. The van der Waals surface area contributed by atoms with Crippen LogP contribution in [0.5, 0.6) is 11.5 Å². The van der Waals surface area contributed by atoms with Gasteiger partial charge in [0.2, 0.25) is 20.9 Å². The van der Waals surface area contributed by atoms with Crippen LogP contribution in [0.4, 0.5) is 13.2 Å². The van der Waals surface area contributed by atoms with E-state index in [4.69, 9.17) is 9.15 Å². The number of benzene rings is 2. The van der Waals surface area contributed by atoms with E-state index in [1.807, 2.05) is 6.07 Å². The molecule has 0 unspecified atom stereocenters. The van der Waals surface area contributed by atoms with Crippen molar-refractivity contribution in [2.75, 3.05) is 6.54 Å². The lowest BCUT2D eigenvalue weighted by atomic mass is 9.98. The molecule has 0 saturated carbocycles. The third-order valence-corrected chi connectivity index (χ3v) is 7.21. The number of H-pyrrole nitrogens is 1. The fourth-order valence-corrected chi connectivity index (χ4v) is 5.05. The molecule has 1 N–H and O–H groups in total. The van der Waals surface area contributed by atoms with Crippen LogP contribution in [-0.2, 0) is 34.7 Å². The van der Waals surface area contributed by atoms with Crippen molar-refractivity contribution in [1.82, 2.24) is 19.9 Å². The molecule has 1 amide bonds. The number of amides is 1. The van der Waals surface area contributed by atoms with Gasteiger partial charge in [-0.2, -0.15) is 13.2 Å². The molecule has 1 aliphatic rings. The van der Waals surface area contributed by atoms with E-state index >= 15 is 0 Å². The molecule has 37 heavy (non-hydrogen) atoms. The summed E-state index contributed by atoms with van der Waals surface area (Å²) in [6, 6.07) is 9.69. The first-order valence-electron chi connectivity index (χ1n) is 11.0. The lowest BCUT2D eigenvalue weighted by molar-refractivity contribution is -0.137. The maximum absolute atomic E-state index is 13.1. The van der Waals surface area contributed by atoms with E-state index in [0.717, 1.165) is 23.3 Å². The molecular formula is C24H19F3N4O5S. The average molecular weight is 533 g/mol. The molecule has 0 spiro atoms. The molecule has 3 heterocycles. The van der Waals surface area contributed by atoms with Crippen LogP contribution in [0.3, 0.4) is 0 Å². The van der Waals surface area contributed by atoms with Crippen molar-refractivity contribution in [2.24, 2.45) is 0 Å². The SMILES string of the molecule is O=C(c1c[nH]c(S(=O)(=O)Cc2ncco2)n1)N1CCc2c(cccc2Oc2ccc(C(F)(F)F)cc2)C1. The zero-order chi connectivity index (χ0) is 26.2. The molecular weight excluding hydrogens is 513 g/mol. The number of aromatic amines is 1. The molecule has 2 aromatic heterocycles. The highest BCUT2D eigenvalue weighted by molar-refractivity contribution is 7.90. The monoisotopic (exact) mass is 532 g/mol. The summed E-state index contributed by atoms with van der Waals surface area (Å²) in [5.74, 6) is -0.196. The summed E-state index contributed by atoms with van der Waals surface area (Å²) in [4.78, 5) is 24.9. The highest BCUT2D eigenvalue weighted by Gasteiger charge is 2.31. The van der Waals surface area contributed by atoms with Crippen molar-refractivity contribution in [3.63, 3.8) is 0 Å². The average Bonchev–Trinajstić information content (AvgIpc) is 3.56. The smallest absolute Gasteiger partial charge is 0.416 e. The minimum Gasteiger partial charge on any atom is -0.457 e. The van der Waals surface area contributed by atoms with E-state index in [0.29, 0.717) is 18.7 Å². The maximum atomic E-state index is 13.1. The molecule has 0 bridgehead atoms. The minimum absolute atomic E-state index is 0.00577. The molecule has 192 valence electrons. The molecule has 0 atom stereocenters. The number of aromatic nitrogens is 3. The number of hydrogen-bond donors (Lipinski definition) is 1. The largest absolute Gasteiger partial charge is 0.457 e. The molecule has 4 aromatic rings. The number of rotatable bonds is 6. The first kappa shape index (κ1) is 24.6. The van der Waals surface area contributed by atoms with Gasteiger partial charge in [0.05, 0.1) is 11.8 Å². The lowest BCUT2D eigenvalue weighted by Crippen LogP contribution is -2.36. The third kappa shape index (κ3) is 5.21. The van der Waals surface area contributed by atoms with Crippen LogP contribution in [0.2, 0.25) is 0 Å². The number of fused-ring (bicyclic) bond motifs is 1. The highest BCUT2D eigenvalue weighted by Crippen LogP contribution is 2.34. The van der Waals surface area contributed by atoms with Gasteiger partial charge in [0.25, 0.3) is 5.91 Å². The van der Waals surface area contributed by atoms with Crippen molar-refractivity contribution in [1.29, 1.82) is 0 Å². The zero-order valence-corrected chi connectivity index (χ0v) is 19.8. The summed E-state index contributed by atoms with van der Waals surface area (Å²) in [6.45, 7) is 0.536. The fourth-order valence-electron chi connectivity index (χ4n) is 3.97. The highest BCUT2D eigenvalue weighted by atomic mass is 32.2. The second kappa shape index (κ2) is 9.39. The maximum Gasteiger partial charge on any atom is 0.416 e. The van der Waals surface area contributed by atoms with E-state index in [-0.39, 0.29) is 29.0 Å². The van der Waals surface area contributed by atoms with Crippen LogP contribution in [0.15, 0.2) is 70.7 Å². The Morgan fingerprint density at radius 3 is 2.65 bits per heavy atom. The Balaban J connectivity index is 1.29. The summed E-state index contributed by atoms with van der Waals surface area (Å²) in [6.07, 6.45) is -0.176. The van der Waals surface area contributed by atoms with Crippen molar-refractivity contribution in [2.45, 2.75) is 30.1 Å². The number of halogens is 3. The van der Waals surface area contributed by atoms with Gasteiger partial charge in [0, 0.05) is 24.8 Å². The number of carbonyl (C=O) groups excluding carboxylic acids is 1. The van der Waals surface area contributed by atoms with Gasteiger partial charge in [-0.3, -0.25) is 4.79 Å². The van der Waals surface area contributed by atoms with Crippen LogP contribution in [0.1, 0.15) is 33.1 Å². The fraction of sp³-hybridized carbons (Fsp3) is 0.208. The van der Waals surface area contributed by atoms with Gasteiger partial charge >= 0.3 is 6.18 Å². The van der Waals surface area contributed by atoms with E-state index in [2.05, 4.69) is 15.0 Å². The standard InChI is InChI=1S/C24H19F3N4O5S/c25-24(26,27)16-4-6-17(7-5-16)36-20-3-1-2-15-13-31(10-8-18(15)20)22(32)19-12-29-23(30-19)37(33,34)14-21-28-9-11-35-21/h1-7,9,11-12H,8,10,13-14H2,(H,29,30). The van der Waals surface area contributed by atoms with Crippen LogP contribution < -0.4 is 4.74 Å². The quantitative estimate of drug-likeness (QED) is 0.392. The number of alkyl halides is 3. The molecule has 9 nitrogen and oxygen atoms in total. The number of ether oxygens (including phenoxy) is 1. The van der Waals surface area contributed by atoms with Gasteiger partial charge in [-0.15, -0.1) is 0 Å². The Kier molecular flexibility index (Phi) is 6.23. The topological polar surface area (TPSA) is 118 Å². The molecule has 0 saturated heterocycles. The molecule has 0 aliphatic carbocycles. The van der Waals surface area contributed by atoms with E-state index in [1.165, 1.54) is 35.7 Å². The summed E-state index contributed by atoms with van der Waals surface area (Å²) < 4.78 is 74.4. The predicted octanol–water partition coefficient (Wildman–Crippen LogP) is 4.38. The van der Waals surface area contributed by atoms with Gasteiger partial charge in [0.15, 0.2) is 0 Å². The van der Waals surface area contributed by atoms with Crippen LogP contribution >= 0.6 is 0 Å². The predicted molar refractivity (Wildman–Crippen MR) is 122 cm³/mol. The molecule has 0 radical (unpaired) electrons. The molecule has 2 aromatic carbocycles. The molecule has 0 fully saturated rings. The van der Waals surface area contributed by atoms with Gasteiger partial charge in [0.1, 0.15) is 29.2 Å². The normalized spacial score (nSPS) is 13.9. The minimum atomic E-state index is -4.43. The number of carbonyl (C=O) groups is 1. The summed E-state index contributed by atoms with van der Waals surface area (Å²) in [5, 5.41) is -0.362. The van der Waals surface area contributed by atoms with Crippen LogP contribution in [0, 0.1) is 0 Å². The first-order valence-corrected chi connectivity index (χ1v) is 12.7. The van der Waals surface area contributed by atoms with Crippen LogP contribution in [0.25, 0.3) is 0 Å². The number of nitrogens with zero attached hydrogens (tertiary/aromatic N) is 3. The number of oxazole rings is 1. The summed E-state index contributed by atoms with van der Waals surface area (Å²) in [7, 11) is -3.89.